The Morgan fingerprint density at radius 1 is 1.12 bits per heavy atom. The summed E-state index contributed by atoms with van der Waals surface area (Å²) < 4.78 is 31.7. The first-order valence-corrected chi connectivity index (χ1v) is 9.28. The predicted octanol–water partition coefficient (Wildman–Crippen LogP) is 1.50. The minimum absolute atomic E-state index is 0.453. The number of aryl methyl sites for hydroxylation is 1. The molecule has 1 fully saturated rings. The third-order valence-corrected chi connectivity index (χ3v) is 5.41. The largest absolute Gasteiger partial charge is 0.424 e. The Balaban J connectivity index is 1.56. The SMILES string of the molecule is Cc1nnc(CN2CCN(S(=O)(=O)/C=C/c3ccccc3)CC2)o1. The monoisotopic (exact) mass is 348 g/mol. The molecule has 1 aliphatic heterocycles. The molecule has 0 N–H and O–H groups in total. The molecule has 1 saturated heterocycles. The minimum atomic E-state index is -3.40. The van der Waals surface area contributed by atoms with Gasteiger partial charge in [-0.25, -0.2) is 8.42 Å². The van der Waals surface area contributed by atoms with Gasteiger partial charge in [0.05, 0.1) is 6.54 Å². The van der Waals surface area contributed by atoms with Crippen LogP contribution in [0.5, 0.6) is 0 Å². The molecule has 0 radical (unpaired) electrons. The van der Waals surface area contributed by atoms with Crippen molar-refractivity contribution in [2.24, 2.45) is 0 Å². The fraction of sp³-hybridized carbons (Fsp3) is 0.375. The van der Waals surface area contributed by atoms with Crippen molar-refractivity contribution >= 4 is 16.1 Å². The summed E-state index contributed by atoms with van der Waals surface area (Å²) in [6.07, 6.45) is 1.63. The van der Waals surface area contributed by atoms with Gasteiger partial charge in [-0.15, -0.1) is 10.2 Å². The molecule has 0 saturated carbocycles. The lowest BCUT2D eigenvalue weighted by Gasteiger charge is -2.32. The Morgan fingerprint density at radius 2 is 1.83 bits per heavy atom. The first kappa shape index (κ1) is 16.8. The van der Waals surface area contributed by atoms with E-state index in [1.165, 1.54) is 9.71 Å². The predicted molar refractivity (Wildman–Crippen MR) is 90.3 cm³/mol. The van der Waals surface area contributed by atoms with Crippen molar-refractivity contribution in [2.75, 3.05) is 26.2 Å². The van der Waals surface area contributed by atoms with Gasteiger partial charge >= 0.3 is 0 Å². The van der Waals surface area contributed by atoms with Crippen molar-refractivity contribution < 1.29 is 12.8 Å². The van der Waals surface area contributed by atoms with Crippen molar-refractivity contribution in [2.45, 2.75) is 13.5 Å². The van der Waals surface area contributed by atoms with E-state index in [9.17, 15) is 8.42 Å². The normalized spacial score (nSPS) is 17.5. The summed E-state index contributed by atoms with van der Waals surface area (Å²) in [4.78, 5) is 2.11. The molecule has 2 heterocycles. The number of aromatic nitrogens is 2. The molecule has 0 atom stereocenters. The summed E-state index contributed by atoms with van der Waals surface area (Å²) in [5, 5.41) is 9.05. The molecular weight excluding hydrogens is 328 g/mol. The molecule has 0 amide bonds. The topological polar surface area (TPSA) is 79.5 Å². The van der Waals surface area contributed by atoms with E-state index in [4.69, 9.17) is 4.42 Å². The maximum absolute atomic E-state index is 12.4. The molecule has 8 heteroatoms. The third kappa shape index (κ3) is 4.28. The molecule has 1 aromatic heterocycles. The zero-order chi connectivity index (χ0) is 17.0. The lowest BCUT2D eigenvalue weighted by atomic mass is 10.2. The second-order valence-electron chi connectivity index (χ2n) is 5.65. The van der Waals surface area contributed by atoms with Gasteiger partial charge in [0.25, 0.3) is 0 Å². The lowest BCUT2D eigenvalue weighted by Crippen LogP contribution is -2.47. The van der Waals surface area contributed by atoms with Crippen LogP contribution in [0.15, 0.2) is 40.2 Å². The second-order valence-corrected chi connectivity index (χ2v) is 7.47. The van der Waals surface area contributed by atoms with E-state index in [2.05, 4.69) is 15.1 Å². The average Bonchev–Trinajstić information content (AvgIpc) is 2.99. The van der Waals surface area contributed by atoms with Crippen molar-refractivity contribution in [3.63, 3.8) is 0 Å². The number of sulfonamides is 1. The van der Waals surface area contributed by atoms with E-state index in [1.807, 2.05) is 30.3 Å². The molecule has 1 aliphatic rings. The third-order valence-electron chi connectivity index (χ3n) is 3.85. The maximum atomic E-state index is 12.4. The highest BCUT2D eigenvalue weighted by Crippen LogP contribution is 2.13. The molecule has 0 unspecified atom stereocenters. The van der Waals surface area contributed by atoms with Crippen molar-refractivity contribution in [3.05, 3.63) is 53.1 Å². The van der Waals surface area contributed by atoms with Gasteiger partial charge in [-0.05, 0) is 11.6 Å². The molecule has 24 heavy (non-hydrogen) atoms. The molecular formula is C16H20N4O3S. The van der Waals surface area contributed by atoms with Crippen LogP contribution in [0.25, 0.3) is 6.08 Å². The van der Waals surface area contributed by atoms with Gasteiger partial charge in [0.1, 0.15) is 0 Å². The summed E-state index contributed by atoms with van der Waals surface area (Å²) in [6, 6.07) is 9.40. The van der Waals surface area contributed by atoms with Crippen LogP contribution in [0.2, 0.25) is 0 Å². The number of hydrogen-bond donors (Lipinski definition) is 0. The number of benzene rings is 1. The summed E-state index contributed by atoms with van der Waals surface area (Å²) >= 11 is 0. The standard InChI is InChI=1S/C16H20N4O3S/c1-14-17-18-16(23-14)13-19-8-10-20(11-9-19)24(21,22)12-7-15-5-3-2-4-6-15/h2-7,12H,8-11,13H2,1H3/b12-7+. The molecule has 2 aromatic rings. The number of piperazine rings is 1. The van der Waals surface area contributed by atoms with Gasteiger partial charge in [0, 0.05) is 38.5 Å². The molecule has 0 bridgehead atoms. The summed E-state index contributed by atoms with van der Waals surface area (Å²) in [7, 11) is -3.40. The van der Waals surface area contributed by atoms with Crippen LogP contribution in [0.4, 0.5) is 0 Å². The zero-order valence-electron chi connectivity index (χ0n) is 13.5. The molecule has 7 nitrogen and oxygen atoms in total. The fourth-order valence-electron chi connectivity index (χ4n) is 2.55. The van der Waals surface area contributed by atoms with Crippen LogP contribution in [0.3, 0.4) is 0 Å². The highest BCUT2D eigenvalue weighted by Gasteiger charge is 2.25. The Bertz CT molecular complexity index is 794. The quantitative estimate of drug-likeness (QED) is 0.815. The van der Waals surface area contributed by atoms with E-state index in [1.54, 1.807) is 13.0 Å². The van der Waals surface area contributed by atoms with E-state index in [0.717, 1.165) is 5.56 Å². The van der Waals surface area contributed by atoms with Gasteiger partial charge in [-0.3, -0.25) is 4.90 Å². The average molecular weight is 348 g/mol. The van der Waals surface area contributed by atoms with Gasteiger partial charge in [0.15, 0.2) is 0 Å². The van der Waals surface area contributed by atoms with E-state index in [0.29, 0.717) is 44.5 Å². The molecule has 128 valence electrons. The number of rotatable bonds is 5. The van der Waals surface area contributed by atoms with E-state index < -0.39 is 10.0 Å². The lowest BCUT2D eigenvalue weighted by molar-refractivity contribution is 0.168. The van der Waals surface area contributed by atoms with Crippen molar-refractivity contribution in [1.29, 1.82) is 0 Å². The Labute approximate surface area is 141 Å². The Hall–Kier alpha value is -2.03. The Morgan fingerprint density at radius 3 is 2.46 bits per heavy atom. The van der Waals surface area contributed by atoms with Crippen LogP contribution in [0.1, 0.15) is 17.3 Å². The van der Waals surface area contributed by atoms with Crippen molar-refractivity contribution in [1.82, 2.24) is 19.4 Å². The smallest absolute Gasteiger partial charge is 0.236 e. The number of hydrogen-bond acceptors (Lipinski definition) is 6. The van der Waals surface area contributed by atoms with Gasteiger partial charge in [0.2, 0.25) is 21.8 Å². The maximum Gasteiger partial charge on any atom is 0.236 e. The summed E-state index contributed by atoms with van der Waals surface area (Å²) in [5.41, 5.74) is 0.867. The van der Waals surface area contributed by atoms with Crippen LogP contribution < -0.4 is 0 Å². The van der Waals surface area contributed by atoms with Gasteiger partial charge in [-0.1, -0.05) is 30.3 Å². The zero-order valence-corrected chi connectivity index (χ0v) is 14.3. The van der Waals surface area contributed by atoms with Crippen LogP contribution in [0, 0.1) is 6.92 Å². The Kier molecular flexibility index (Phi) is 5.08. The summed E-state index contributed by atoms with van der Waals surface area (Å²) in [6.45, 7) is 4.48. The minimum Gasteiger partial charge on any atom is -0.424 e. The van der Waals surface area contributed by atoms with Crippen LogP contribution in [-0.4, -0.2) is 54.0 Å². The first-order chi connectivity index (χ1) is 11.5. The van der Waals surface area contributed by atoms with Gasteiger partial charge < -0.3 is 4.42 Å². The molecule has 3 rings (SSSR count). The van der Waals surface area contributed by atoms with E-state index in [-0.39, 0.29) is 0 Å². The van der Waals surface area contributed by atoms with Crippen LogP contribution in [-0.2, 0) is 16.6 Å². The second kappa shape index (κ2) is 7.25. The molecule has 0 spiro atoms. The fourth-order valence-corrected chi connectivity index (χ4v) is 3.72. The molecule has 1 aromatic carbocycles. The van der Waals surface area contributed by atoms with E-state index >= 15 is 0 Å². The van der Waals surface area contributed by atoms with Crippen LogP contribution >= 0.6 is 0 Å². The highest BCUT2D eigenvalue weighted by atomic mass is 32.2. The highest BCUT2D eigenvalue weighted by molar-refractivity contribution is 7.92. The van der Waals surface area contributed by atoms with Gasteiger partial charge in [-0.2, -0.15) is 4.31 Å². The first-order valence-electron chi connectivity index (χ1n) is 7.77. The number of nitrogens with zero attached hydrogens (tertiary/aromatic N) is 4. The molecule has 0 aliphatic carbocycles. The summed E-state index contributed by atoms with van der Waals surface area (Å²) in [5.74, 6) is 1.10. The van der Waals surface area contributed by atoms with Crippen molar-refractivity contribution in [3.8, 4) is 0 Å².